The number of allylic oxidation sites excluding steroid dienone is 3. The van der Waals surface area contributed by atoms with E-state index in [0.717, 1.165) is 17.8 Å². The molecular formula is C31H80NO2+. The van der Waals surface area contributed by atoms with E-state index in [2.05, 4.69) is 67.9 Å². The predicted molar refractivity (Wildman–Crippen MR) is 172 cm³/mol. The van der Waals surface area contributed by atoms with Crippen molar-refractivity contribution in [3.05, 3.63) is 24.8 Å². The molecule has 0 saturated heterocycles. The summed E-state index contributed by atoms with van der Waals surface area (Å²) in [4.78, 5) is 9.51. The van der Waals surface area contributed by atoms with Gasteiger partial charge in [-0.05, 0) is 38.5 Å². The Morgan fingerprint density at radius 1 is 0.912 bits per heavy atom. The van der Waals surface area contributed by atoms with Gasteiger partial charge in [0.25, 0.3) is 0 Å². The molecule has 1 amide bonds. The van der Waals surface area contributed by atoms with Crippen LogP contribution in [0.2, 0.25) is 0 Å². The largest absolute Gasteiger partial charge is 0.339 e. The van der Waals surface area contributed by atoms with Crippen LogP contribution in [0, 0.1) is 30.6 Å². The summed E-state index contributed by atoms with van der Waals surface area (Å²) in [5.41, 5.74) is 0.528. The van der Waals surface area contributed by atoms with Crippen LogP contribution in [0.25, 0.3) is 0 Å². The average molecular weight is 499 g/mol. The minimum Gasteiger partial charge on any atom is -0.228 e. The lowest BCUT2D eigenvalue weighted by atomic mass is 10.2. The highest BCUT2D eigenvalue weighted by molar-refractivity contribution is 5.60. The van der Waals surface area contributed by atoms with Crippen LogP contribution in [0.3, 0.4) is 0 Å². The molecule has 0 bridgehead atoms. The zero-order valence-corrected chi connectivity index (χ0v) is 20.4. The van der Waals surface area contributed by atoms with Gasteiger partial charge in [0, 0.05) is 0 Å². The molecule has 1 rings (SSSR count). The fourth-order valence-electron chi connectivity index (χ4n) is 0.167. The molecule has 220 valence electrons. The van der Waals surface area contributed by atoms with Crippen LogP contribution >= 0.6 is 0 Å². The summed E-state index contributed by atoms with van der Waals surface area (Å²) in [5.74, 6) is 2.49. The van der Waals surface area contributed by atoms with Gasteiger partial charge in [0.1, 0.15) is 0 Å². The summed E-state index contributed by atoms with van der Waals surface area (Å²) in [7, 11) is 0. The van der Waals surface area contributed by atoms with Gasteiger partial charge >= 0.3 is 5.91 Å². The number of quaternary nitrogens is 1. The Labute approximate surface area is 224 Å². The first kappa shape index (κ1) is 84.7. The first-order valence-corrected chi connectivity index (χ1v) is 9.95. The number of hydrogen-bond donors (Lipinski definition) is 2. The van der Waals surface area contributed by atoms with Crippen LogP contribution in [0.4, 0.5) is 0 Å². The van der Waals surface area contributed by atoms with Gasteiger partial charge in [-0.2, -0.15) is 0 Å². The van der Waals surface area contributed by atoms with Crippen molar-refractivity contribution in [3.63, 3.8) is 0 Å². The summed E-state index contributed by atoms with van der Waals surface area (Å²) in [5, 5.41) is 7.67. The van der Waals surface area contributed by atoms with Crippen LogP contribution in [0.5, 0.6) is 0 Å². The van der Waals surface area contributed by atoms with Crippen molar-refractivity contribution < 1.29 is 15.5 Å². The van der Waals surface area contributed by atoms with Gasteiger partial charge in [-0.3, -0.25) is 0 Å². The third-order valence-electron chi connectivity index (χ3n) is 2.20. The molecule has 0 atom stereocenters. The van der Waals surface area contributed by atoms with Crippen molar-refractivity contribution in [3.8, 4) is 12.8 Å². The number of nitrogens with two attached hydrogens (primary N) is 1. The second-order valence-corrected chi connectivity index (χ2v) is 7.03. The van der Waals surface area contributed by atoms with E-state index in [1.165, 1.54) is 26.2 Å². The van der Waals surface area contributed by atoms with Crippen molar-refractivity contribution in [2.24, 2.45) is 17.8 Å². The van der Waals surface area contributed by atoms with Crippen molar-refractivity contribution in [2.45, 2.75) is 147 Å². The smallest absolute Gasteiger partial charge is 0.228 e. The highest BCUT2D eigenvalue weighted by Gasteiger charge is 2.12. The molecule has 0 aromatic rings. The number of hydroxylamine groups is 1. The fraction of sp³-hybridized carbons (Fsp3) is 0.774. The molecular weight excluding hydrogens is 418 g/mol. The molecule has 1 aliphatic carbocycles. The summed E-state index contributed by atoms with van der Waals surface area (Å²) in [6, 6.07) is 0. The van der Waals surface area contributed by atoms with Gasteiger partial charge in [-0.25, -0.2) is 10.0 Å². The lowest BCUT2D eigenvalue weighted by Gasteiger charge is -1.90. The summed E-state index contributed by atoms with van der Waals surface area (Å²) >= 11 is 0. The highest BCUT2D eigenvalue weighted by Crippen LogP contribution is 2.26. The molecule has 1 aliphatic rings. The molecule has 1 saturated carbocycles. The highest BCUT2D eigenvalue weighted by atomic mass is 16.5. The maximum absolute atomic E-state index is 9.51. The lowest BCUT2D eigenvalue weighted by molar-refractivity contribution is -0.814. The monoisotopic (exact) mass is 499 g/mol. The number of amides is 1. The van der Waals surface area contributed by atoms with Crippen molar-refractivity contribution >= 4 is 5.91 Å². The van der Waals surface area contributed by atoms with E-state index in [9.17, 15) is 4.79 Å². The van der Waals surface area contributed by atoms with E-state index in [-0.39, 0.29) is 57.9 Å². The number of terminal acetylenes is 1. The third kappa shape index (κ3) is 612. The minimum absolute atomic E-state index is 0. The van der Waals surface area contributed by atoms with E-state index in [1.54, 1.807) is 6.08 Å². The maximum Gasteiger partial charge on any atom is 0.339 e. The van der Waals surface area contributed by atoms with E-state index >= 15 is 0 Å². The third-order valence-corrected chi connectivity index (χ3v) is 2.20. The second-order valence-electron chi connectivity index (χ2n) is 7.03. The lowest BCUT2D eigenvalue weighted by Crippen LogP contribution is -2.83. The van der Waals surface area contributed by atoms with Crippen LogP contribution in [-0.4, -0.2) is 11.1 Å². The SMILES string of the molecule is C.C.C.C.C.C.C.C#C.C/C=C\C.C=CC.CC(=O)[NH2+]O.CC(C)C.CC1CC1.CCC(C)C. The first-order chi connectivity index (χ1) is 12.5. The number of carbonyl (C=O) groups is 1. The van der Waals surface area contributed by atoms with E-state index in [0.29, 0.717) is 5.48 Å². The summed E-state index contributed by atoms with van der Waals surface area (Å²) in [6.45, 7) is 25.9. The quantitative estimate of drug-likeness (QED) is 0.163. The zero-order chi connectivity index (χ0) is 23.3. The van der Waals surface area contributed by atoms with Crippen LogP contribution in [-0.2, 0) is 4.79 Å². The number of primary amides is 1. The van der Waals surface area contributed by atoms with Crippen molar-refractivity contribution in [1.82, 2.24) is 0 Å². The summed E-state index contributed by atoms with van der Waals surface area (Å²) < 4.78 is 0. The molecule has 34 heavy (non-hydrogen) atoms. The van der Waals surface area contributed by atoms with Gasteiger partial charge in [0.2, 0.25) is 0 Å². The fourth-order valence-corrected chi connectivity index (χ4v) is 0.167. The maximum atomic E-state index is 9.51. The topological polar surface area (TPSA) is 53.9 Å². The van der Waals surface area contributed by atoms with Crippen molar-refractivity contribution in [1.29, 1.82) is 0 Å². The number of carbonyl (C=O) groups excluding carboxylic acids is 1. The zero-order valence-electron chi connectivity index (χ0n) is 20.4. The Bertz CT molecular complexity index is 282. The molecule has 0 aromatic heterocycles. The molecule has 3 N–H and O–H groups in total. The van der Waals surface area contributed by atoms with Gasteiger partial charge in [-0.15, -0.1) is 24.9 Å². The number of rotatable bonds is 1. The van der Waals surface area contributed by atoms with Gasteiger partial charge in [0.15, 0.2) is 0 Å². The Morgan fingerprint density at radius 2 is 1.03 bits per heavy atom. The van der Waals surface area contributed by atoms with Gasteiger partial charge < -0.3 is 0 Å². The van der Waals surface area contributed by atoms with Gasteiger partial charge in [0.05, 0.1) is 6.92 Å². The molecule has 1 fully saturated rings. The molecule has 0 radical (unpaired) electrons. The molecule has 0 unspecified atom stereocenters. The van der Waals surface area contributed by atoms with E-state index in [4.69, 9.17) is 5.21 Å². The van der Waals surface area contributed by atoms with Crippen LogP contribution in [0.1, 0.15) is 147 Å². The Balaban J connectivity index is -0.0000000135. The van der Waals surface area contributed by atoms with Crippen LogP contribution in [0.15, 0.2) is 24.8 Å². The second kappa shape index (κ2) is 95.5. The Kier molecular flexibility index (Phi) is 238. The standard InChI is InChI=1S/C5H12.C4H8.C4H10.C4H8.C3H6.C2H5NO2.C2H2.7CH4/c1-4-5(2)3;1-4-2-3-4;1-4(2)3;1-3-4-2;1-3-2;1-2(4)3-5;1-2;;;;;;;/h5H,4H2,1-3H3;4H,2-3H2,1H3;4H,1-3H3;3-4H,1-2H3;3H,1H2,2H3;5H,1H3,(H,3,4);1-2H;7*1H4/p+1/b;;;4-3-;;;;;;;;;;. The molecule has 0 aromatic carbocycles. The normalized spacial score (nSPS) is 8.24. The minimum atomic E-state index is -0.315. The number of hydrogen-bond acceptors (Lipinski definition) is 2. The average Bonchev–Trinajstić information content (AvgIpc) is 3.40. The van der Waals surface area contributed by atoms with Crippen molar-refractivity contribution in [2.75, 3.05) is 0 Å². The predicted octanol–water partition coefficient (Wildman–Crippen LogP) is 11.1. The van der Waals surface area contributed by atoms with E-state index in [1.807, 2.05) is 32.9 Å². The first-order valence-electron chi connectivity index (χ1n) is 9.95. The van der Waals surface area contributed by atoms with Crippen LogP contribution < -0.4 is 5.48 Å². The van der Waals surface area contributed by atoms with Gasteiger partial charge in [-0.1, -0.05) is 138 Å². The Morgan fingerprint density at radius 3 is 1.03 bits per heavy atom. The molecule has 0 spiro atoms. The van der Waals surface area contributed by atoms with E-state index < -0.39 is 0 Å². The molecule has 0 heterocycles. The molecule has 0 aliphatic heterocycles. The molecule has 3 heteroatoms. The summed E-state index contributed by atoms with van der Waals surface area (Å²) in [6.07, 6.45) is 18.0. The Hall–Kier alpha value is -1.37. The molecule has 3 nitrogen and oxygen atoms in total.